The van der Waals surface area contributed by atoms with Gasteiger partial charge in [-0.3, -0.25) is 9.10 Å². The summed E-state index contributed by atoms with van der Waals surface area (Å²) in [4.78, 5) is 12.6. The minimum Gasteiger partial charge on any atom is -0.492 e. The van der Waals surface area contributed by atoms with E-state index in [1.807, 2.05) is 0 Å². The molecule has 3 rings (SSSR count). The number of carbonyl (C=O) groups is 1. The van der Waals surface area contributed by atoms with Gasteiger partial charge in [0, 0.05) is 14.1 Å². The number of rotatable bonds is 11. The van der Waals surface area contributed by atoms with Crippen LogP contribution < -0.4 is 14.4 Å². The first-order chi connectivity index (χ1) is 18.6. The molecule has 0 aliphatic rings. The number of nitrogens with zero attached hydrogens (tertiary/aromatic N) is 2. The molecule has 0 atom stereocenters. The van der Waals surface area contributed by atoms with Crippen molar-refractivity contribution in [2.24, 2.45) is 0 Å². The van der Waals surface area contributed by atoms with Gasteiger partial charge in [0.25, 0.3) is 10.0 Å². The number of carbonyl (C=O) groups excluding carboxylic acids is 1. The van der Waals surface area contributed by atoms with Crippen molar-refractivity contribution in [3.8, 4) is 5.75 Å². The minimum atomic E-state index is -4.72. The molecule has 0 aliphatic heterocycles. The van der Waals surface area contributed by atoms with Gasteiger partial charge >= 0.3 is 6.18 Å². The largest absolute Gasteiger partial charge is 0.492 e. The van der Waals surface area contributed by atoms with Crippen LogP contribution in [0.1, 0.15) is 11.1 Å². The molecule has 3 aromatic rings. The highest BCUT2D eigenvalue weighted by atomic mass is 32.2. The van der Waals surface area contributed by atoms with Gasteiger partial charge in [-0.15, -0.1) is 0 Å². The molecule has 0 saturated carbocycles. The molecule has 216 valence electrons. The van der Waals surface area contributed by atoms with E-state index >= 15 is 0 Å². The van der Waals surface area contributed by atoms with Crippen LogP contribution in [0.25, 0.3) is 0 Å². The highest BCUT2D eigenvalue weighted by Crippen LogP contribution is 2.33. The Balaban J connectivity index is 1.72. The maximum Gasteiger partial charge on any atom is 0.416 e. The normalized spacial score (nSPS) is 12.3. The number of hydrogen-bond acceptors (Lipinski definition) is 6. The summed E-state index contributed by atoms with van der Waals surface area (Å²) in [5.74, 6) is -0.441. The first-order valence-corrected chi connectivity index (χ1v) is 14.7. The van der Waals surface area contributed by atoms with Crippen molar-refractivity contribution in [1.82, 2.24) is 9.62 Å². The van der Waals surface area contributed by atoms with Crippen LogP contribution in [0.5, 0.6) is 5.75 Å². The molecular weight excluding hydrogens is 571 g/mol. The lowest BCUT2D eigenvalue weighted by Gasteiger charge is -2.25. The number of aryl methyl sites for hydroxylation is 1. The number of hydrogen-bond donors (Lipinski definition) is 1. The molecule has 0 bridgehead atoms. The third-order valence-corrected chi connectivity index (χ3v) is 9.27. The molecule has 0 aliphatic carbocycles. The standard InChI is InChI=1S/C26H28F3N3O6S2/c1-19-7-11-24(12-8-19)40(36,37)32(21-6-4-5-20(17-21)26(27,28)29)18-25(33)30-15-16-38-22-9-13-23(14-10-22)39(34,35)31(2)3/h4-14,17H,15-16,18H2,1-3H3,(H,30,33). The van der Waals surface area contributed by atoms with E-state index in [0.29, 0.717) is 16.1 Å². The van der Waals surface area contributed by atoms with E-state index in [4.69, 9.17) is 4.74 Å². The van der Waals surface area contributed by atoms with Crippen molar-refractivity contribution in [1.29, 1.82) is 0 Å². The number of amides is 1. The van der Waals surface area contributed by atoms with E-state index in [0.717, 1.165) is 22.0 Å². The number of alkyl halides is 3. The SMILES string of the molecule is Cc1ccc(S(=O)(=O)N(CC(=O)NCCOc2ccc(S(=O)(=O)N(C)C)cc2)c2cccc(C(F)(F)F)c2)cc1. The van der Waals surface area contributed by atoms with Crippen molar-refractivity contribution in [3.63, 3.8) is 0 Å². The molecular formula is C26H28F3N3O6S2. The molecule has 1 N–H and O–H groups in total. The van der Waals surface area contributed by atoms with E-state index < -0.39 is 44.2 Å². The Kier molecular flexibility index (Phi) is 9.48. The maximum atomic E-state index is 13.4. The summed E-state index contributed by atoms with van der Waals surface area (Å²) >= 11 is 0. The number of ether oxygens (including phenoxy) is 1. The summed E-state index contributed by atoms with van der Waals surface area (Å²) in [7, 11) is -5.20. The third kappa shape index (κ3) is 7.52. The van der Waals surface area contributed by atoms with Crippen LogP contribution in [-0.2, 0) is 31.0 Å². The van der Waals surface area contributed by atoms with Crippen molar-refractivity contribution >= 4 is 31.6 Å². The Hall–Kier alpha value is -3.62. The number of benzene rings is 3. The smallest absolute Gasteiger partial charge is 0.416 e. The van der Waals surface area contributed by atoms with E-state index in [1.165, 1.54) is 68.7 Å². The zero-order valence-electron chi connectivity index (χ0n) is 21.8. The fourth-order valence-electron chi connectivity index (χ4n) is 3.45. The molecule has 0 fully saturated rings. The quantitative estimate of drug-likeness (QED) is 0.337. The third-order valence-electron chi connectivity index (χ3n) is 5.65. The Morgan fingerprint density at radius 2 is 1.45 bits per heavy atom. The molecule has 40 heavy (non-hydrogen) atoms. The second-order valence-corrected chi connectivity index (χ2v) is 12.8. The molecule has 0 unspecified atom stereocenters. The fourth-order valence-corrected chi connectivity index (χ4v) is 5.77. The predicted molar refractivity (Wildman–Crippen MR) is 143 cm³/mol. The van der Waals surface area contributed by atoms with Crippen LogP contribution in [0, 0.1) is 6.92 Å². The Bertz CT molecular complexity index is 1540. The Labute approximate surface area is 231 Å². The van der Waals surface area contributed by atoms with Gasteiger partial charge in [-0.1, -0.05) is 23.8 Å². The van der Waals surface area contributed by atoms with Gasteiger partial charge in [0.15, 0.2) is 0 Å². The van der Waals surface area contributed by atoms with Crippen molar-refractivity contribution in [2.75, 3.05) is 38.1 Å². The van der Waals surface area contributed by atoms with Crippen molar-refractivity contribution in [2.45, 2.75) is 22.9 Å². The van der Waals surface area contributed by atoms with Gasteiger partial charge in [-0.2, -0.15) is 13.2 Å². The molecule has 0 saturated heterocycles. The van der Waals surface area contributed by atoms with E-state index in [1.54, 1.807) is 6.92 Å². The van der Waals surface area contributed by atoms with Crippen LogP contribution in [-0.4, -0.2) is 60.8 Å². The van der Waals surface area contributed by atoms with Crippen LogP contribution in [0.3, 0.4) is 0 Å². The lowest BCUT2D eigenvalue weighted by Crippen LogP contribution is -2.42. The average molecular weight is 600 g/mol. The Morgan fingerprint density at radius 3 is 2.02 bits per heavy atom. The summed E-state index contributed by atoms with van der Waals surface area (Å²) < 4.78 is 98.2. The monoisotopic (exact) mass is 599 g/mol. The van der Waals surface area contributed by atoms with Crippen molar-refractivity contribution in [3.05, 3.63) is 83.9 Å². The van der Waals surface area contributed by atoms with E-state index in [2.05, 4.69) is 5.32 Å². The summed E-state index contributed by atoms with van der Waals surface area (Å²) in [6.07, 6.45) is -4.72. The zero-order valence-corrected chi connectivity index (χ0v) is 23.5. The highest BCUT2D eigenvalue weighted by Gasteiger charge is 2.33. The van der Waals surface area contributed by atoms with Crippen molar-refractivity contribution < 1.29 is 39.5 Å². The zero-order chi connectivity index (χ0) is 29.7. The lowest BCUT2D eigenvalue weighted by atomic mass is 10.2. The van der Waals surface area contributed by atoms with E-state index in [-0.39, 0.29) is 28.6 Å². The molecule has 14 heteroatoms. The van der Waals surface area contributed by atoms with Gasteiger partial charge < -0.3 is 10.1 Å². The molecule has 0 aromatic heterocycles. The first-order valence-electron chi connectivity index (χ1n) is 11.8. The number of halogens is 3. The molecule has 9 nitrogen and oxygen atoms in total. The number of sulfonamides is 2. The predicted octanol–water partition coefficient (Wildman–Crippen LogP) is 3.65. The van der Waals surface area contributed by atoms with Gasteiger partial charge in [-0.05, 0) is 61.5 Å². The van der Waals surface area contributed by atoms with Gasteiger partial charge in [0.05, 0.1) is 27.6 Å². The summed E-state index contributed by atoms with van der Waals surface area (Å²) in [6, 6.07) is 15.0. The first kappa shape index (κ1) is 30.9. The minimum absolute atomic E-state index is 0.0419. The maximum absolute atomic E-state index is 13.4. The molecule has 1 amide bonds. The second-order valence-electron chi connectivity index (χ2n) is 8.83. The van der Waals surface area contributed by atoms with Crippen LogP contribution in [0.2, 0.25) is 0 Å². The fraction of sp³-hybridized carbons (Fsp3) is 0.269. The summed E-state index contributed by atoms with van der Waals surface area (Å²) in [5.41, 5.74) is -0.613. The van der Waals surface area contributed by atoms with Gasteiger partial charge in [0.2, 0.25) is 15.9 Å². The second kappa shape index (κ2) is 12.3. The summed E-state index contributed by atoms with van der Waals surface area (Å²) in [5, 5.41) is 2.49. The molecule has 3 aromatic carbocycles. The average Bonchev–Trinajstić information content (AvgIpc) is 2.89. The van der Waals surface area contributed by atoms with Gasteiger partial charge in [0.1, 0.15) is 18.9 Å². The van der Waals surface area contributed by atoms with Gasteiger partial charge in [-0.25, -0.2) is 21.1 Å². The Morgan fingerprint density at radius 1 is 0.875 bits per heavy atom. The van der Waals surface area contributed by atoms with Crippen LogP contribution >= 0.6 is 0 Å². The molecule has 0 spiro atoms. The van der Waals surface area contributed by atoms with E-state index in [9.17, 15) is 34.8 Å². The number of anilines is 1. The van der Waals surface area contributed by atoms with Crippen LogP contribution in [0.15, 0.2) is 82.6 Å². The van der Waals surface area contributed by atoms with Crippen LogP contribution in [0.4, 0.5) is 18.9 Å². The number of nitrogens with one attached hydrogen (secondary N) is 1. The summed E-state index contributed by atoms with van der Waals surface area (Å²) in [6.45, 7) is 0.864. The highest BCUT2D eigenvalue weighted by molar-refractivity contribution is 7.92. The molecule has 0 radical (unpaired) electrons. The molecule has 0 heterocycles. The lowest BCUT2D eigenvalue weighted by molar-refractivity contribution is -0.137. The topological polar surface area (TPSA) is 113 Å².